The first kappa shape index (κ1) is 21.1. The van der Waals surface area contributed by atoms with Crippen molar-refractivity contribution in [2.24, 2.45) is 5.73 Å². The molecule has 126 valence electrons. The predicted molar refractivity (Wildman–Crippen MR) is 88.0 cm³/mol. The van der Waals surface area contributed by atoms with Gasteiger partial charge in [0, 0.05) is 23.7 Å². The number of halogens is 2. The highest BCUT2D eigenvalue weighted by Crippen LogP contribution is 2.27. The highest BCUT2D eigenvalue weighted by atomic mass is 35.5. The molecule has 0 saturated heterocycles. The molecule has 0 aliphatic heterocycles. The summed E-state index contributed by atoms with van der Waals surface area (Å²) in [6, 6.07) is 2.98. The van der Waals surface area contributed by atoms with Gasteiger partial charge in [0.15, 0.2) is 4.90 Å². The van der Waals surface area contributed by atoms with Crippen LogP contribution < -0.4 is 10.5 Å². The summed E-state index contributed by atoms with van der Waals surface area (Å²) in [6.45, 7) is 2.10. The fraction of sp³-hybridized carbons (Fsp3) is 0.500. The highest BCUT2D eigenvalue weighted by molar-refractivity contribution is 7.89. The van der Waals surface area contributed by atoms with E-state index in [1.54, 1.807) is 0 Å². The maximum Gasteiger partial charge on any atom is 0.290 e. The van der Waals surface area contributed by atoms with Gasteiger partial charge in [0.2, 0.25) is 10.0 Å². The molecule has 0 fully saturated rings. The van der Waals surface area contributed by atoms with E-state index in [4.69, 9.17) is 17.3 Å². The third-order valence-corrected chi connectivity index (χ3v) is 4.72. The number of unbranched alkanes of at least 4 members (excludes halogenated alkanes) is 1. The van der Waals surface area contributed by atoms with Gasteiger partial charge in [-0.1, -0.05) is 31.4 Å². The molecule has 22 heavy (non-hydrogen) atoms. The second-order valence-electron chi connectivity index (χ2n) is 4.57. The van der Waals surface area contributed by atoms with Gasteiger partial charge in [-0.15, -0.1) is 12.4 Å². The monoisotopic (exact) mass is 371 g/mol. The summed E-state index contributed by atoms with van der Waals surface area (Å²) in [5.74, 6) is 0. The Kier molecular flexibility index (Phi) is 8.87. The van der Waals surface area contributed by atoms with Crippen LogP contribution in [0.5, 0.6) is 0 Å². The van der Waals surface area contributed by atoms with Gasteiger partial charge < -0.3 is 5.73 Å². The number of nitrogens with two attached hydrogens (primary N) is 1. The van der Waals surface area contributed by atoms with Crippen molar-refractivity contribution < 1.29 is 13.3 Å². The molecular weight excluding hydrogens is 353 g/mol. The van der Waals surface area contributed by atoms with Crippen LogP contribution in [0.15, 0.2) is 23.1 Å². The van der Waals surface area contributed by atoms with Gasteiger partial charge in [-0.05, 0) is 18.6 Å². The Hall–Kier alpha value is -0.930. The minimum absolute atomic E-state index is 0. The molecule has 0 saturated carbocycles. The van der Waals surface area contributed by atoms with Crippen LogP contribution >= 0.6 is 24.0 Å². The number of hydrogen-bond acceptors (Lipinski definition) is 5. The quantitative estimate of drug-likeness (QED) is 0.537. The van der Waals surface area contributed by atoms with Crippen LogP contribution in [0.1, 0.15) is 26.2 Å². The second kappa shape index (κ2) is 9.26. The van der Waals surface area contributed by atoms with Crippen LogP contribution in [0.3, 0.4) is 0 Å². The van der Waals surface area contributed by atoms with Crippen LogP contribution in [-0.4, -0.2) is 25.9 Å². The van der Waals surface area contributed by atoms with Gasteiger partial charge in [0.1, 0.15) is 0 Å². The van der Waals surface area contributed by atoms with Crippen molar-refractivity contribution >= 4 is 39.7 Å². The largest absolute Gasteiger partial charge is 0.329 e. The van der Waals surface area contributed by atoms with Crippen LogP contribution in [0.4, 0.5) is 5.69 Å². The topological polar surface area (TPSA) is 115 Å². The SMILES string of the molecule is CCCCC(CN)NS(=O)(=O)c1ccc(Cl)cc1[N+](=O)[O-].Cl. The van der Waals surface area contributed by atoms with E-state index in [1.807, 2.05) is 6.92 Å². The van der Waals surface area contributed by atoms with E-state index in [0.29, 0.717) is 6.42 Å². The number of nitro benzene ring substituents is 1. The highest BCUT2D eigenvalue weighted by Gasteiger charge is 2.27. The Balaban J connectivity index is 0.00000441. The molecule has 7 nitrogen and oxygen atoms in total. The van der Waals surface area contributed by atoms with E-state index in [9.17, 15) is 18.5 Å². The Morgan fingerprint density at radius 3 is 2.59 bits per heavy atom. The average molecular weight is 372 g/mol. The van der Waals surface area contributed by atoms with Crippen molar-refractivity contribution in [3.63, 3.8) is 0 Å². The predicted octanol–water partition coefficient (Wildman–Crippen LogP) is 2.47. The number of nitro groups is 1. The molecule has 1 rings (SSSR count). The molecule has 0 bridgehead atoms. The van der Waals surface area contributed by atoms with E-state index in [1.165, 1.54) is 6.07 Å². The summed E-state index contributed by atoms with van der Waals surface area (Å²) in [5.41, 5.74) is 4.98. The van der Waals surface area contributed by atoms with E-state index in [0.717, 1.165) is 25.0 Å². The lowest BCUT2D eigenvalue weighted by molar-refractivity contribution is -0.387. The maximum absolute atomic E-state index is 12.3. The van der Waals surface area contributed by atoms with Gasteiger partial charge >= 0.3 is 0 Å². The summed E-state index contributed by atoms with van der Waals surface area (Å²) in [7, 11) is -4.02. The normalized spacial score (nSPS) is 12.5. The molecule has 0 aromatic heterocycles. The zero-order valence-corrected chi connectivity index (χ0v) is 14.4. The third kappa shape index (κ3) is 5.69. The molecule has 1 unspecified atom stereocenters. The second-order valence-corrected chi connectivity index (χ2v) is 6.68. The maximum atomic E-state index is 12.3. The van der Waals surface area contributed by atoms with Gasteiger partial charge in [0.05, 0.1) is 4.92 Å². The van der Waals surface area contributed by atoms with Crippen LogP contribution in [-0.2, 0) is 10.0 Å². The summed E-state index contributed by atoms with van der Waals surface area (Å²) < 4.78 is 27.0. The number of nitrogens with one attached hydrogen (secondary N) is 1. The Bertz CT molecular complexity index is 610. The first-order valence-electron chi connectivity index (χ1n) is 6.48. The molecule has 10 heteroatoms. The Labute approximate surface area is 140 Å². The standard InChI is InChI=1S/C12H18ClN3O4S.ClH/c1-2-3-4-10(8-14)15-21(19,20)12-6-5-9(13)7-11(12)16(17)18;/h5-7,10,15H,2-4,8,14H2,1H3;1H. The molecule has 1 aromatic carbocycles. The van der Waals surface area contributed by atoms with Crippen molar-refractivity contribution in [3.8, 4) is 0 Å². The lowest BCUT2D eigenvalue weighted by Gasteiger charge is -2.16. The van der Waals surface area contributed by atoms with Gasteiger partial charge in [0.25, 0.3) is 5.69 Å². The summed E-state index contributed by atoms with van der Waals surface area (Å²) >= 11 is 5.67. The number of rotatable bonds is 8. The molecule has 1 aromatic rings. The van der Waals surface area contributed by atoms with Crippen molar-refractivity contribution in [1.29, 1.82) is 0 Å². The summed E-state index contributed by atoms with van der Waals surface area (Å²) in [6.07, 6.45) is 2.29. The molecule has 1 atom stereocenters. The molecule has 0 aliphatic rings. The van der Waals surface area contributed by atoms with Crippen LogP contribution in [0.25, 0.3) is 0 Å². The number of hydrogen-bond donors (Lipinski definition) is 2. The lowest BCUT2D eigenvalue weighted by atomic mass is 10.1. The zero-order valence-electron chi connectivity index (χ0n) is 12.0. The minimum Gasteiger partial charge on any atom is -0.329 e. The first-order valence-corrected chi connectivity index (χ1v) is 8.34. The molecule has 3 N–H and O–H groups in total. The smallest absolute Gasteiger partial charge is 0.290 e. The first-order chi connectivity index (χ1) is 9.81. The molecular formula is C12H19Cl2N3O4S. The van der Waals surface area contributed by atoms with Crippen molar-refractivity contribution in [1.82, 2.24) is 4.72 Å². The average Bonchev–Trinajstić information content (AvgIpc) is 2.42. The van der Waals surface area contributed by atoms with E-state index in [2.05, 4.69) is 4.72 Å². The van der Waals surface area contributed by atoms with Gasteiger partial charge in [-0.2, -0.15) is 0 Å². The van der Waals surface area contributed by atoms with E-state index in [-0.39, 0.29) is 24.0 Å². The number of benzene rings is 1. The Morgan fingerprint density at radius 2 is 2.09 bits per heavy atom. The van der Waals surface area contributed by atoms with Crippen molar-refractivity contribution in [3.05, 3.63) is 33.3 Å². The lowest BCUT2D eigenvalue weighted by Crippen LogP contribution is -2.40. The molecule has 0 spiro atoms. The molecule has 0 radical (unpaired) electrons. The van der Waals surface area contributed by atoms with Crippen molar-refractivity contribution in [2.45, 2.75) is 37.1 Å². The van der Waals surface area contributed by atoms with E-state index < -0.39 is 31.6 Å². The molecule has 0 heterocycles. The summed E-state index contributed by atoms with van der Waals surface area (Å²) in [5, 5.41) is 11.1. The number of nitrogens with zero attached hydrogens (tertiary/aromatic N) is 1. The number of sulfonamides is 1. The van der Waals surface area contributed by atoms with Crippen LogP contribution in [0.2, 0.25) is 5.02 Å². The summed E-state index contributed by atoms with van der Waals surface area (Å²) in [4.78, 5) is 9.79. The van der Waals surface area contributed by atoms with Crippen molar-refractivity contribution in [2.75, 3.05) is 6.54 Å². The fourth-order valence-corrected chi connectivity index (χ4v) is 3.42. The Morgan fingerprint density at radius 1 is 1.45 bits per heavy atom. The minimum atomic E-state index is -4.02. The third-order valence-electron chi connectivity index (χ3n) is 2.92. The van der Waals surface area contributed by atoms with Crippen LogP contribution in [0, 0.1) is 10.1 Å². The molecule has 0 aliphatic carbocycles. The zero-order chi connectivity index (χ0) is 16.0. The fourth-order valence-electron chi connectivity index (χ4n) is 1.82. The molecule has 0 amide bonds. The van der Waals surface area contributed by atoms with Gasteiger partial charge in [-0.3, -0.25) is 10.1 Å². The van der Waals surface area contributed by atoms with Gasteiger partial charge in [-0.25, -0.2) is 13.1 Å². The van der Waals surface area contributed by atoms with E-state index >= 15 is 0 Å².